The molecule has 0 aliphatic carbocycles. The third kappa shape index (κ3) is 2.03. The molecule has 0 bridgehead atoms. The van der Waals surface area contributed by atoms with Gasteiger partial charge in [-0.2, -0.15) is 5.10 Å². The molecule has 0 saturated carbocycles. The summed E-state index contributed by atoms with van der Waals surface area (Å²) in [5.74, 6) is -2.41. The van der Waals surface area contributed by atoms with Crippen molar-refractivity contribution in [2.75, 3.05) is 0 Å². The lowest BCUT2D eigenvalue weighted by atomic mass is 10.1. The molecule has 0 amide bonds. The second-order valence-electron chi connectivity index (χ2n) is 3.91. The Hall–Kier alpha value is -2.04. The summed E-state index contributed by atoms with van der Waals surface area (Å²) in [6.45, 7) is 3.99. The van der Waals surface area contributed by atoms with Crippen LogP contribution in [0.5, 0.6) is 0 Å². The molecule has 0 unspecified atom stereocenters. The van der Waals surface area contributed by atoms with Crippen LogP contribution in [0, 0.1) is 18.6 Å². The van der Waals surface area contributed by atoms with Crippen molar-refractivity contribution in [2.24, 2.45) is 0 Å². The molecule has 0 atom stereocenters. The summed E-state index contributed by atoms with van der Waals surface area (Å²) in [5, 5.41) is 4.09. The lowest BCUT2D eigenvalue weighted by Crippen LogP contribution is -2.13. The van der Waals surface area contributed by atoms with Gasteiger partial charge in [0.25, 0.3) is 0 Å². The first-order valence-electron chi connectivity index (χ1n) is 5.57. The van der Waals surface area contributed by atoms with Crippen LogP contribution in [-0.4, -0.2) is 15.6 Å². The Labute approximate surface area is 103 Å². The first-order chi connectivity index (χ1) is 8.54. The van der Waals surface area contributed by atoms with Crippen molar-refractivity contribution in [3.05, 3.63) is 52.9 Å². The fourth-order valence-corrected chi connectivity index (χ4v) is 1.81. The summed E-state index contributed by atoms with van der Waals surface area (Å²) in [7, 11) is 0. The van der Waals surface area contributed by atoms with Crippen LogP contribution in [0.25, 0.3) is 0 Å². The highest BCUT2D eigenvalue weighted by molar-refractivity contribution is 6.08. The normalized spacial score (nSPS) is 10.7. The molecule has 2 aromatic rings. The standard InChI is InChI=1S/C13H12F2N2O/c1-3-17-11(7-8(2)16-17)13(18)12-9(14)5-4-6-10(12)15/h4-7H,3H2,1-2H3. The minimum Gasteiger partial charge on any atom is -0.287 e. The molecule has 0 aliphatic heterocycles. The number of aryl methyl sites for hydroxylation is 2. The fourth-order valence-electron chi connectivity index (χ4n) is 1.81. The van der Waals surface area contributed by atoms with Crippen LogP contribution in [0.3, 0.4) is 0 Å². The zero-order valence-corrected chi connectivity index (χ0v) is 10.1. The van der Waals surface area contributed by atoms with E-state index in [1.54, 1.807) is 13.8 Å². The first-order valence-corrected chi connectivity index (χ1v) is 5.57. The molecule has 1 aromatic carbocycles. The number of carbonyl (C=O) groups excluding carboxylic acids is 1. The van der Waals surface area contributed by atoms with Gasteiger partial charge in [0.1, 0.15) is 17.3 Å². The largest absolute Gasteiger partial charge is 0.287 e. The number of carbonyl (C=O) groups is 1. The van der Waals surface area contributed by atoms with E-state index in [0.717, 1.165) is 12.1 Å². The number of hydrogen-bond acceptors (Lipinski definition) is 2. The molecular formula is C13H12F2N2O. The van der Waals surface area contributed by atoms with Gasteiger partial charge >= 0.3 is 0 Å². The second-order valence-corrected chi connectivity index (χ2v) is 3.91. The lowest BCUT2D eigenvalue weighted by molar-refractivity contribution is 0.102. The second kappa shape index (κ2) is 4.68. The third-order valence-electron chi connectivity index (χ3n) is 2.62. The third-order valence-corrected chi connectivity index (χ3v) is 2.62. The van der Waals surface area contributed by atoms with Crippen molar-refractivity contribution < 1.29 is 13.6 Å². The summed E-state index contributed by atoms with van der Waals surface area (Å²) >= 11 is 0. The van der Waals surface area contributed by atoms with Crippen LogP contribution < -0.4 is 0 Å². The minimum absolute atomic E-state index is 0.194. The molecule has 94 valence electrons. The molecule has 0 fully saturated rings. The molecule has 0 spiro atoms. The average Bonchev–Trinajstić information content (AvgIpc) is 2.70. The maximum absolute atomic E-state index is 13.5. The smallest absolute Gasteiger partial charge is 0.216 e. The Kier molecular flexibility index (Phi) is 3.23. The summed E-state index contributed by atoms with van der Waals surface area (Å²) in [5.41, 5.74) is 0.294. The molecule has 0 N–H and O–H groups in total. The van der Waals surface area contributed by atoms with Gasteiger partial charge in [-0.05, 0) is 32.0 Å². The van der Waals surface area contributed by atoms with Gasteiger partial charge in [-0.1, -0.05) is 6.07 Å². The first kappa shape index (κ1) is 12.4. The van der Waals surface area contributed by atoms with Crippen molar-refractivity contribution >= 4 is 5.78 Å². The Bertz CT molecular complexity index is 585. The Morgan fingerprint density at radius 1 is 1.33 bits per heavy atom. The van der Waals surface area contributed by atoms with Crippen LogP contribution in [0.4, 0.5) is 8.78 Å². The van der Waals surface area contributed by atoms with Gasteiger partial charge in [-0.15, -0.1) is 0 Å². The van der Waals surface area contributed by atoms with E-state index in [0.29, 0.717) is 12.2 Å². The molecule has 0 saturated heterocycles. The van der Waals surface area contributed by atoms with Crippen LogP contribution >= 0.6 is 0 Å². The van der Waals surface area contributed by atoms with E-state index in [1.165, 1.54) is 16.8 Å². The summed E-state index contributed by atoms with van der Waals surface area (Å²) in [6, 6.07) is 4.88. The van der Waals surface area contributed by atoms with Gasteiger partial charge in [0, 0.05) is 6.54 Å². The van der Waals surface area contributed by atoms with Crippen molar-refractivity contribution in [2.45, 2.75) is 20.4 Å². The number of benzene rings is 1. The van der Waals surface area contributed by atoms with Crippen molar-refractivity contribution in [1.82, 2.24) is 9.78 Å². The number of halogens is 2. The molecule has 18 heavy (non-hydrogen) atoms. The highest BCUT2D eigenvalue weighted by Crippen LogP contribution is 2.17. The fraction of sp³-hybridized carbons (Fsp3) is 0.231. The van der Waals surface area contributed by atoms with Crippen molar-refractivity contribution in [1.29, 1.82) is 0 Å². The molecule has 5 heteroatoms. The molecule has 3 nitrogen and oxygen atoms in total. The molecule has 2 rings (SSSR count). The van der Waals surface area contributed by atoms with Crippen LogP contribution in [0.15, 0.2) is 24.3 Å². The minimum atomic E-state index is -0.860. The van der Waals surface area contributed by atoms with E-state index in [1.807, 2.05) is 0 Å². The Morgan fingerprint density at radius 3 is 2.50 bits per heavy atom. The van der Waals surface area contributed by atoms with E-state index in [-0.39, 0.29) is 5.69 Å². The lowest BCUT2D eigenvalue weighted by Gasteiger charge is -2.05. The van der Waals surface area contributed by atoms with Gasteiger partial charge in [0.2, 0.25) is 5.78 Å². The summed E-state index contributed by atoms with van der Waals surface area (Å²) in [6.07, 6.45) is 0. The maximum atomic E-state index is 13.5. The number of aromatic nitrogens is 2. The zero-order valence-electron chi connectivity index (χ0n) is 10.1. The number of ketones is 1. The number of hydrogen-bond donors (Lipinski definition) is 0. The monoisotopic (exact) mass is 250 g/mol. The predicted molar refractivity (Wildman–Crippen MR) is 62.4 cm³/mol. The maximum Gasteiger partial charge on any atom is 0.216 e. The van der Waals surface area contributed by atoms with E-state index >= 15 is 0 Å². The molecule has 0 radical (unpaired) electrons. The summed E-state index contributed by atoms with van der Waals surface area (Å²) < 4.78 is 28.5. The average molecular weight is 250 g/mol. The van der Waals surface area contributed by atoms with Crippen molar-refractivity contribution in [3.8, 4) is 0 Å². The SMILES string of the molecule is CCn1nc(C)cc1C(=O)c1c(F)cccc1F. The van der Waals surface area contributed by atoms with Crippen LogP contribution in [0.2, 0.25) is 0 Å². The Morgan fingerprint density at radius 2 is 1.94 bits per heavy atom. The molecular weight excluding hydrogens is 238 g/mol. The molecule has 0 aliphatic rings. The summed E-state index contributed by atoms with van der Waals surface area (Å²) in [4.78, 5) is 12.1. The quantitative estimate of drug-likeness (QED) is 0.785. The van der Waals surface area contributed by atoms with Gasteiger partial charge in [0.05, 0.1) is 11.3 Å². The van der Waals surface area contributed by atoms with Crippen LogP contribution in [-0.2, 0) is 6.54 Å². The van der Waals surface area contributed by atoms with Gasteiger partial charge in [0.15, 0.2) is 0 Å². The highest BCUT2D eigenvalue weighted by Gasteiger charge is 2.22. The topological polar surface area (TPSA) is 34.9 Å². The zero-order chi connectivity index (χ0) is 13.3. The predicted octanol–water partition coefficient (Wildman–Crippen LogP) is 2.72. The number of rotatable bonds is 3. The van der Waals surface area contributed by atoms with Gasteiger partial charge in [-0.25, -0.2) is 8.78 Å². The highest BCUT2D eigenvalue weighted by atomic mass is 19.1. The van der Waals surface area contributed by atoms with Gasteiger partial charge < -0.3 is 0 Å². The molecule has 1 heterocycles. The number of nitrogens with zero attached hydrogens (tertiary/aromatic N) is 2. The van der Waals surface area contributed by atoms with Crippen LogP contribution in [0.1, 0.15) is 28.7 Å². The molecule has 1 aromatic heterocycles. The Balaban J connectivity index is 2.54. The van der Waals surface area contributed by atoms with Gasteiger partial charge in [-0.3, -0.25) is 9.48 Å². The van der Waals surface area contributed by atoms with E-state index < -0.39 is 23.0 Å². The van der Waals surface area contributed by atoms with E-state index in [2.05, 4.69) is 5.10 Å². The van der Waals surface area contributed by atoms with E-state index in [9.17, 15) is 13.6 Å². The van der Waals surface area contributed by atoms with E-state index in [4.69, 9.17) is 0 Å². The van der Waals surface area contributed by atoms with Crippen molar-refractivity contribution in [3.63, 3.8) is 0 Å².